The van der Waals surface area contributed by atoms with Crippen molar-refractivity contribution in [3.8, 4) is 0 Å². The van der Waals surface area contributed by atoms with Crippen molar-refractivity contribution in [1.82, 2.24) is 4.90 Å². The fraction of sp³-hybridized carbons (Fsp3) is 0.571. The van der Waals surface area contributed by atoms with Crippen molar-refractivity contribution < 1.29 is 9.50 Å². The lowest BCUT2D eigenvalue weighted by Crippen LogP contribution is -2.29. The van der Waals surface area contributed by atoms with Crippen LogP contribution in [0.3, 0.4) is 0 Å². The second kappa shape index (κ2) is 6.27. The van der Waals surface area contributed by atoms with E-state index >= 15 is 0 Å². The van der Waals surface area contributed by atoms with E-state index in [1.807, 2.05) is 0 Å². The average molecular weight is 252 g/mol. The van der Waals surface area contributed by atoms with E-state index in [-0.39, 0.29) is 12.4 Å². The number of likely N-dealkylation sites (tertiary alicyclic amines) is 1. The normalized spacial score (nSPS) is 18.8. The van der Waals surface area contributed by atoms with Crippen LogP contribution in [0.15, 0.2) is 18.2 Å². The first kappa shape index (κ1) is 13.5. The Hall–Kier alpha value is -0.970. The Bertz CT molecular complexity index is 391. The molecule has 2 rings (SSSR count). The monoisotopic (exact) mass is 252 g/mol. The number of hydrogen-bond acceptors (Lipinski definition) is 3. The number of aliphatic hydroxyl groups is 1. The third-order valence-electron chi connectivity index (χ3n) is 3.53. The first-order valence-corrected chi connectivity index (χ1v) is 6.59. The molecule has 100 valence electrons. The van der Waals surface area contributed by atoms with Gasteiger partial charge in [-0.25, -0.2) is 4.39 Å². The van der Waals surface area contributed by atoms with Gasteiger partial charge < -0.3 is 10.8 Å². The minimum Gasteiger partial charge on any atom is -0.387 e. The van der Waals surface area contributed by atoms with Crippen molar-refractivity contribution in [1.29, 1.82) is 0 Å². The first-order valence-electron chi connectivity index (χ1n) is 6.59. The maximum absolute atomic E-state index is 13.9. The van der Waals surface area contributed by atoms with Crippen LogP contribution >= 0.6 is 0 Å². The van der Waals surface area contributed by atoms with Crippen LogP contribution in [0.2, 0.25) is 0 Å². The maximum Gasteiger partial charge on any atom is 0.128 e. The Morgan fingerprint density at radius 3 is 2.61 bits per heavy atom. The molecule has 18 heavy (non-hydrogen) atoms. The zero-order valence-electron chi connectivity index (χ0n) is 10.6. The van der Waals surface area contributed by atoms with E-state index < -0.39 is 6.10 Å². The number of piperidine rings is 1. The molecule has 3 N–H and O–H groups in total. The Labute approximate surface area is 107 Å². The van der Waals surface area contributed by atoms with E-state index in [1.165, 1.54) is 25.3 Å². The van der Waals surface area contributed by atoms with E-state index in [0.717, 1.165) is 13.1 Å². The number of nitrogens with two attached hydrogens (primary N) is 1. The van der Waals surface area contributed by atoms with Crippen molar-refractivity contribution >= 4 is 0 Å². The topological polar surface area (TPSA) is 49.5 Å². The number of hydrogen-bond donors (Lipinski definition) is 2. The largest absolute Gasteiger partial charge is 0.387 e. The van der Waals surface area contributed by atoms with Gasteiger partial charge in [0.25, 0.3) is 0 Å². The SMILES string of the molecule is NCC(O)c1ccc(CN2CCCCC2)c(F)c1. The third kappa shape index (κ3) is 3.28. The summed E-state index contributed by atoms with van der Waals surface area (Å²) < 4.78 is 13.9. The Morgan fingerprint density at radius 1 is 1.28 bits per heavy atom. The molecule has 0 aliphatic carbocycles. The lowest BCUT2D eigenvalue weighted by molar-refractivity contribution is 0.186. The van der Waals surface area contributed by atoms with Crippen LogP contribution in [0.25, 0.3) is 0 Å². The van der Waals surface area contributed by atoms with Crippen LogP contribution in [0.5, 0.6) is 0 Å². The fourth-order valence-electron chi connectivity index (χ4n) is 2.39. The molecule has 4 heteroatoms. The number of halogens is 1. The molecule has 0 spiro atoms. The second-order valence-corrected chi connectivity index (χ2v) is 4.94. The lowest BCUT2D eigenvalue weighted by Gasteiger charge is -2.26. The number of rotatable bonds is 4. The highest BCUT2D eigenvalue weighted by molar-refractivity contribution is 5.26. The van der Waals surface area contributed by atoms with Crippen LogP contribution < -0.4 is 5.73 Å². The van der Waals surface area contributed by atoms with E-state index in [1.54, 1.807) is 12.1 Å². The summed E-state index contributed by atoms with van der Waals surface area (Å²) in [6.07, 6.45) is 2.90. The highest BCUT2D eigenvalue weighted by Crippen LogP contribution is 2.19. The van der Waals surface area contributed by atoms with E-state index in [9.17, 15) is 9.50 Å². The number of benzene rings is 1. The van der Waals surface area contributed by atoms with Crippen LogP contribution in [0, 0.1) is 5.82 Å². The van der Waals surface area contributed by atoms with Gasteiger partial charge in [0, 0.05) is 18.7 Å². The molecule has 0 radical (unpaired) electrons. The van der Waals surface area contributed by atoms with Gasteiger partial charge in [-0.3, -0.25) is 4.90 Å². The molecule has 1 fully saturated rings. The standard InChI is InChI=1S/C14H21FN2O/c15-13-8-11(14(18)9-16)4-5-12(13)10-17-6-2-1-3-7-17/h4-5,8,14,18H,1-3,6-7,9-10,16H2. The highest BCUT2D eigenvalue weighted by Gasteiger charge is 2.14. The van der Waals surface area contributed by atoms with E-state index in [0.29, 0.717) is 17.7 Å². The molecule has 1 aliphatic heterocycles. The number of nitrogens with zero attached hydrogens (tertiary/aromatic N) is 1. The van der Waals surface area contributed by atoms with Crippen molar-refractivity contribution in [2.75, 3.05) is 19.6 Å². The van der Waals surface area contributed by atoms with Crippen molar-refractivity contribution in [3.63, 3.8) is 0 Å². The molecular weight excluding hydrogens is 231 g/mol. The molecule has 1 unspecified atom stereocenters. The van der Waals surface area contributed by atoms with Gasteiger partial charge in [0.05, 0.1) is 6.10 Å². The minimum atomic E-state index is -0.775. The Balaban J connectivity index is 2.04. The lowest BCUT2D eigenvalue weighted by atomic mass is 10.0. The summed E-state index contributed by atoms with van der Waals surface area (Å²) in [6.45, 7) is 2.87. The summed E-state index contributed by atoms with van der Waals surface area (Å²) in [6, 6.07) is 4.93. The summed E-state index contributed by atoms with van der Waals surface area (Å²) >= 11 is 0. The average Bonchev–Trinajstić information content (AvgIpc) is 2.41. The highest BCUT2D eigenvalue weighted by atomic mass is 19.1. The summed E-state index contributed by atoms with van der Waals surface area (Å²) in [5.41, 5.74) is 6.61. The van der Waals surface area contributed by atoms with Gasteiger partial charge in [0.2, 0.25) is 0 Å². The zero-order valence-corrected chi connectivity index (χ0v) is 10.6. The van der Waals surface area contributed by atoms with Gasteiger partial charge in [0.15, 0.2) is 0 Å². The zero-order chi connectivity index (χ0) is 13.0. The van der Waals surface area contributed by atoms with Gasteiger partial charge in [-0.2, -0.15) is 0 Å². The molecule has 1 heterocycles. The van der Waals surface area contributed by atoms with Gasteiger partial charge in [-0.15, -0.1) is 0 Å². The van der Waals surface area contributed by atoms with Crippen LogP contribution in [-0.4, -0.2) is 29.6 Å². The smallest absolute Gasteiger partial charge is 0.128 e. The Kier molecular flexibility index (Phi) is 4.69. The fourth-order valence-corrected chi connectivity index (χ4v) is 2.39. The molecule has 0 aromatic heterocycles. The summed E-state index contributed by atoms with van der Waals surface area (Å²) in [7, 11) is 0. The summed E-state index contributed by atoms with van der Waals surface area (Å²) in [5.74, 6) is -0.245. The van der Waals surface area contributed by atoms with Crippen LogP contribution in [-0.2, 0) is 6.54 Å². The van der Waals surface area contributed by atoms with E-state index in [4.69, 9.17) is 5.73 Å². The first-order chi connectivity index (χ1) is 8.70. The molecule has 1 aromatic carbocycles. The molecule has 0 saturated carbocycles. The number of aliphatic hydroxyl groups excluding tert-OH is 1. The minimum absolute atomic E-state index is 0.116. The quantitative estimate of drug-likeness (QED) is 0.859. The summed E-state index contributed by atoms with van der Waals surface area (Å²) in [4.78, 5) is 2.28. The predicted molar refractivity (Wildman–Crippen MR) is 69.5 cm³/mol. The van der Waals surface area contributed by atoms with Crippen LogP contribution in [0.4, 0.5) is 4.39 Å². The van der Waals surface area contributed by atoms with Crippen molar-refractivity contribution in [3.05, 3.63) is 35.1 Å². The summed E-state index contributed by atoms with van der Waals surface area (Å²) in [5, 5.41) is 9.56. The maximum atomic E-state index is 13.9. The van der Waals surface area contributed by atoms with Gasteiger partial charge >= 0.3 is 0 Å². The third-order valence-corrected chi connectivity index (χ3v) is 3.53. The molecule has 1 aliphatic rings. The van der Waals surface area contributed by atoms with Gasteiger partial charge in [0.1, 0.15) is 5.82 Å². The van der Waals surface area contributed by atoms with Gasteiger partial charge in [-0.05, 0) is 37.6 Å². The molecule has 0 bridgehead atoms. The molecule has 1 atom stereocenters. The van der Waals surface area contributed by atoms with Crippen molar-refractivity contribution in [2.45, 2.75) is 31.9 Å². The second-order valence-electron chi connectivity index (χ2n) is 4.94. The molecule has 3 nitrogen and oxygen atoms in total. The molecule has 1 aromatic rings. The molecule has 1 saturated heterocycles. The molecule has 0 amide bonds. The van der Waals surface area contributed by atoms with Crippen LogP contribution in [0.1, 0.15) is 36.5 Å². The van der Waals surface area contributed by atoms with E-state index in [2.05, 4.69) is 4.90 Å². The van der Waals surface area contributed by atoms with Gasteiger partial charge in [-0.1, -0.05) is 18.6 Å². The van der Waals surface area contributed by atoms with Crippen molar-refractivity contribution in [2.24, 2.45) is 5.73 Å². The predicted octanol–water partition coefficient (Wildman–Crippen LogP) is 1.80. The Morgan fingerprint density at radius 2 is 2.00 bits per heavy atom. The molecular formula is C14H21FN2O.